The first-order valence-corrected chi connectivity index (χ1v) is 15.4. The Bertz CT molecular complexity index is 1190. The van der Waals surface area contributed by atoms with Gasteiger partial charge in [0.15, 0.2) is 0 Å². The van der Waals surface area contributed by atoms with Crippen LogP contribution >= 0.6 is 11.8 Å². The average Bonchev–Trinajstić information content (AvgIpc) is 3.02. The topological polar surface area (TPSA) is 146 Å². The van der Waals surface area contributed by atoms with E-state index in [-0.39, 0.29) is 18.0 Å². The van der Waals surface area contributed by atoms with Gasteiger partial charge >= 0.3 is 11.9 Å². The van der Waals surface area contributed by atoms with E-state index in [1.807, 2.05) is 11.5 Å². The number of pyridine rings is 2. The number of ether oxygens (including phenoxy) is 6. The van der Waals surface area contributed by atoms with Gasteiger partial charge < -0.3 is 28.4 Å². The number of thioether (sulfide) groups is 1. The molecule has 14 heteroatoms. The minimum absolute atomic E-state index is 0.176. The minimum atomic E-state index is -0.520. The lowest BCUT2D eigenvalue weighted by molar-refractivity contribution is 0.00596. The molecule has 1 fully saturated rings. The van der Waals surface area contributed by atoms with Crippen LogP contribution < -0.4 is 0 Å². The highest BCUT2D eigenvalue weighted by Gasteiger charge is 2.16. The second-order valence-corrected chi connectivity index (χ2v) is 10.5. The van der Waals surface area contributed by atoms with Crippen LogP contribution in [0.4, 0.5) is 0 Å². The van der Waals surface area contributed by atoms with Crippen LogP contribution in [0.2, 0.25) is 0 Å². The summed E-state index contributed by atoms with van der Waals surface area (Å²) in [7, 11) is 1.34. The van der Waals surface area contributed by atoms with Gasteiger partial charge in [-0.15, -0.1) is 0 Å². The first-order valence-electron chi connectivity index (χ1n) is 14.6. The maximum Gasteiger partial charge on any atom is 0.356 e. The second kappa shape index (κ2) is 20.7. The number of hydrogen-bond acceptors (Lipinski definition) is 14. The zero-order chi connectivity index (χ0) is 31.4. The molecule has 0 aliphatic carbocycles. The summed E-state index contributed by atoms with van der Waals surface area (Å²) < 4.78 is 33.2. The second-order valence-electron chi connectivity index (χ2n) is 9.60. The van der Waals surface area contributed by atoms with Gasteiger partial charge in [0.1, 0.15) is 16.8 Å². The highest BCUT2D eigenvalue weighted by molar-refractivity contribution is 8.03. The molecular weight excluding hydrogens is 590 g/mol. The fourth-order valence-electron chi connectivity index (χ4n) is 4.26. The van der Waals surface area contributed by atoms with E-state index in [4.69, 9.17) is 33.7 Å². The minimum Gasteiger partial charge on any atom is -0.464 e. The van der Waals surface area contributed by atoms with Crippen LogP contribution in [0.25, 0.3) is 0 Å². The third kappa shape index (κ3) is 13.2. The predicted octanol–water partition coefficient (Wildman–Crippen LogP) is 2.40. The molecule has 0 N–H and O–H groups in total. The molecule has 3 heterocycles. The Balaban J connectivity index is 1.54. The highest BCUT2D eigenvalue weighted by atomic mass is 32.2. The molecule has 0 atom stereocenters. The molecule has 13 nitrogen and oxygen atoms in total. The van der Waals surface area contributed by atoms with Crippen molar-refractivity contribution in [3.05, 3.63) is 53.1 Å². The number of carbonyl (C=O) groups is 2. The van der Waals surface area contributed by atoms with Crippen molar-refractivity contribution in [1.29, 1.82) is 5.26 Å². The average molecular weight is 632 g/mol. The van der Waals surface area contributed by atoms with E-state index in [2.05, 4.69) is 19.8 Å². The number of aromatic nitrogens is 2. The van der Waals surface area contributed by atoms with Gasteiger partial charge in [-0.2, -0.15) is 5.26 Å². The van der Waals surface area contributed by atoms with Crippen LogP contribution in [-0.4, -0.2) is 124 Å². The van der Waals surface area contributed by atoms with E-state index in [1.54, 1.807) is 31.2 Å². The summed E-state index contributed by atoms with van der Waals surface area (Å²) in [6.45, 7) is 9.19. The molecule has 2 aromatic heterocycles. The van der Waals surface area contributed by atoms with E-state index in [0.29, 0.717) is 103 Å². The van der Waals surface area contributed by atoms with Crippen LogP contribution in [0.15, 0.2) is 35.2 Å². The summed E-state index contributed by atoms with van der Waals surface area (Å²) >= 11 is 0.973. The Morgan fingerprint density at radius 2 is 1.36 bits per heavy atom. The van der Waals surface area contributed by atoms with Gasteiger partial charge in [0.25, 0.3) is 0 Å². The van der Waals surface area contributed by atoms with Crippen LogP contribution in [-0.2, 0) is 41.5 Å². The normalized spacial score (nSPS) is 17.1. The zero-order valence-corrected chi connectivity index (χ0v) is 26.2. The molecule has 0 aromatic carbocycles. The van der Waals surface area contributed by atoms with Gasteiger partial charge in [-0.1, -0.05) is 6.07 Å². The van der Waals surface area contributed by atoms with Gasteiger partial charge in [-0.05, 0) is 43.0 Å². The Morgan fingerprint density at radius 3 is 1.89 bits per heavy atom. The number of thiocyanates is 1. The number of nitriles is 1. The monoisotopic (exact) mass is 631 g/mol. The third-order valence-electron chi connectivity index (χ3n) is 6.42. The quantitative estimate of drug-likeness (QED) is 0.239. The van der Waals surface area contributed by atoms with Crippen molar-refractivity contribution in [1.82, 2.24) is 19.8 Å². The molecule has 1 aliphatic rings. The Hall–Kier alpha value is -3.16. The number of nitrogens with zero attached hydrogens (tertiary/aromatic N) is 5. The van der Waals surface area contributed by atoms with Crippen molar-refractivity contribution in [3.63, 3.8) is 0 Å². The van der Waals surface area contributed by atoms with Crippen LogP contribution in [0.3, 0.4) is 0 Å². The molecule has 44 heavy (non-hydrogen) atoms. The summed E-state index contributed by atoms with van der Waals surface area (Å²) in [6.07, 6.45) is 0. The predicted molar refractivity (Wildman–Crippen MR) is 161 cm³/mol. The van der Waals surface area contributed by atoms with Gasteiger partial charge in [-0.25, -0.2) is 19.6 Å². The maximum absolute atomic E-state index is 12.3. The van der Waals surface area contributed by atoms with Crippen molar-refractivity contribution < 1.29 is 38.0 Å². The zero-order valence-electron chi connectivity index (χ0n) is 25.4. The van der Waals surface area contributed by atoms with Crippen molar-refractivity contribution in [2.75, 3.05) is 92.8 Å². The molecule has 3 rings (SSSR count). The lowest BCUT2D eigenvalue weighted by Gasteiger charge is -2.23. The standard InChI is InChI=1S/C30H41N5O8S/c1-3-43-30(37)28-20-26(44-23-31)19-25(33-28)22-35-9-13-41-17-15-39-11-7-34(8-12-40-16-18-42-14-10-35)21-24-5-4-6-27(32-24)29(36)38-2/h4-6,19-20H,3,7-18,21-22H2,1-2H3. The maximum atomic E-state index is 12.3. The van der Waals surface area contributed by atoms with E-state index in [0.717, 1.165) is 17.5 Å². The van der Waals surface area contributed by atoms with Gasteiger partial charge in [0.2, 0.25) is 0 Å². The van der Waals surface area contributed by atoms with Crippen molar-refractivity contribution in [3.8, 4) is 5.40 Å². The fourth-order valence-corrected chi connectivity index (χ4v) is 4.74. The molecule has 0 amide bonds. The largest absolute Gasteiger partial charge is 0.464 e. The number of methoxy groups -OCH3 is 1. The first-order chi connectivity index (χ1) is 21.5. The molecule has 0 spiro atoms. The van der Waals surface area contributed by atoms with Crippen LogP contribution in [0.5, 0.6) is 0 Å². The van der Waals surface area contributed by atoms with Crippen molar-refractivity contribution in [2.45, 2.75) is 24.9 Å². The number of carbonyl (C=O) groups excluding carboxylic acids is 2. The van der Waals surface area contributed by atoms with E-state index in [9.17, 15) is 9.59 Å². The number of hydrogen-bond donors (Lipinski definition) is 0. The molecule has 0 unspecified atom stereocenters. The lowest BCUT2D eigenvalue weighted by atomic mass is 10.2. The molecule has 2 aromatic rings. The Kier molecular flexibility index (Phi) is 16.6. The summed E-state index contributed by atoms with van der Waals surface area (Å²) in [5, 5.41) is 11.2. The van der Waals surface area contributed by atoms with E-state index >= 15 is 0 Å². The van der Waals surface area contributed by atoms with Gasteiger partial charge in [0.05, 0.1) is 78.0 Å². The van der Waals surface area contributed by atoms with Gasteiger partial charge in [0, 0.05) is 44.2 Å². The third-order valence-corrected chi connectivity index (χ3v) is 6.99. The smallest absolute Gasteiger partial charge is 0.356 e. The van der Waals surface area contributed by atoms with Crippen molar-refractivity contribution in [2.24, 2.45) is 0 Å². The highest BCUT2D eigenvalue weighted by Crippen LogP contribution is 2.20. The molecule has 1 aliphatic heterocycles. The molecule has 0 radical (unpaired) electrons. The summed E-state index contributed by atoms with van der Waals surface area (Å²) in [5.74, 6) is -0.988. The van der Waals surface area contributed by atoms with E-state index in [1.165, 1.54) is 7.11 Å². The lowest BCUT2D eigenvalue weighted by Crippen LogP contribution is -2.33. The van der Waals surface area contributed by atoms with Gasteiger partial charge in [-0.3, -0.25) is 9.80 Å². The Labute approximate surface area is 262 Å². The molecule has 0 bridgehead atoms. The fraction of sp³-hybridized carbons (Fsp3) is 0.567. The number of esters is 2. The van der Waals surface area contributed by atoms with Crippen LogP contribution in [0, 0.1) is 10.7 Å². The first kappa shape index (κ1) is 35.3. The van der Waals surface area contributed by atoms with Crippen LogP contribution in [0.1, 0.15) is 39.3 Å². The molecule has 240 valence electrons. The van der Waals surface area contributed by atoms with Crippen molar-refractivity contribution >= 4 is 23.7 Å². The summed E-state index contributed by atoms with van der Waals surface area (Å²) in [6, 6.07) is 8.68. The molecule has 0 saturated carbocycles. The summed E-state index contributed by atoms with van der Waals surface area (Å²) in [5.41, 5.74) is 1.86. The van der Waals surface area contributed by atoms with E-state index < -0.39 is 11.9 Å². The Morgan fingerprint density at radius 1 is 0.818 bits per heavy atom. The molecular formula is C30H41N5O8S. The molecule has 1 saturated heterocycles. The SMILES string of the molecule is CCOC(=O)c1cc(SC#N)cc(CN2CCOCCOCCN(Cc3cccc(C(=O)OC)n3)CCOCCOCC2)n1. The summed E-state index contributed by atoms with van der Waals surface area (Å²) in [4.78, 5) is 38.0. The number of rotatable bonds is 8.